The van der Waals surface area contributed by atoms with Gasteiger partial charge < -0.3 is 9.42 Å². The molecule has 3 aliphatic heterocycles. The maximum absolute atomic E-state index is 12.8. The highest BCUT2D eigenvalue weighted by Crippen LogP contribution is 2.30. The van der Waals surface area contributed by atoms with Crippen molar-refractivity contribution in [2.75, 3.05) is 19.6 Å². The molecule has 1 amide bonds. The van der Waals surface area contributed by atoms with Crippen LogP contribution >= 0.6 is 0 Å². The molecule has 3 saturated heterocycles. The van der Waals surface area contributed by atoms with E-state index in [1.165, 1.54) is 12.0 Å². The molecule has 0 aliphatic carbocycles. The normalized spacial score (nSPS) is 23.4. The summed E-state index contributed by atoms with van der Waals surface area (Å²) in [6.07, 6.45) is 6.51. The van der Waals surface area contributed by atoms with Crippen LogP contribution in [0.1, 0.15) is 36.3 Å². The van der Waals surface area contributed by atoms with Crippen molar-refractivity contribution in [2.45, 2.75) is 52.2 Å². The van der Waals surface area contributed by atoms with E-state index in [0.717, 1.165) is 44.1 Å². The molecule has 0 spiro atoms. The molecule has 2 aromatic rings. The lowest BCUT2D eigenvalue weighted by Crippen LogP contribution is -2.47. The van der Waals surface area contributed by atoms with Crippen LogP contribution in [0.3, 0.4) is 0 Å². The minimum Gasteiger partial charge on any atom is -0.361 e. The van der Waals surface area contributed by atoms with Gasteiger partial charge in [0.15, 0.2) is 0 Å². The molecule has 3 aliphatic rings. The van der Waals surface area contributed by atoms with Crippen LogP contribution in [0.25, 0.3) is 0 Å². The Labute approximate surface area is 153 Å². The lowest BCUT2D eigenvalue weighted by atomic mass is 9.94. The van der Waals surface area contributed by atoms with Crippen LogP contribution in [0, 0.1) is 19.8 Å². The summed E-state index contributed by atoms with van der Waals surface area (Å²) >= 11 is 0. The second-order valence-corrected chi connectivity index (χ2v) is 7.66. The Morgan fingerprint density at radius 1 is 1.27 bits per heavy atom. The lowest BCUT2D eigenvalue weighted by Gasteiger charge is -2.36. The maximum Gasteiger partial charge on any atom is 0.224 e. The number of aromatic nitrogens is 3. The molecule has 7 nitrogen and oxygen atoms in total. The molecule has 0 unspecified atom stereocenters. The van der Waals surface area contributed by atoms with Gasteiger partial charge in [0.05, 0.1) is 5.69 Å². The fourth-order valence-electron chi connectivity index (χ4n) is 4.35. The molecule has 140 valence electrons. The molecule has 2 bridgehead atoms. The highest BCUT2D eigenvalue weighted by atomic mass is 16.5. The van der Waals surface area contributed by atoms with Gasteiger partial charge in [-0.15, -0.1) is 0 Å². The molecule has 0 N–H and O–H groups in total. The minimum atomic E-state index is 0.259. The predicted molar refractivity (Wildman–Crippen MR) is 96.3 cm³/mol. The zero-order valence-electron chi connectivity index (χ0n) is 15.6. The van der Waals surface area contributed by atoms with Crippen LogP contribution in [0.5, 0.6) is 0 Å². The summed E-state index contributed by atoms with van der Waals surface area (Å²) in [6.45, 7) is 8.38. The summed E-state index contributed by atoms with van der Waals surface area (Å²) in [5.74, 6) is 1.73. The van der Waals surface area contributed by atoms with E-state index < -0.39 is 0 Å². The third-order valence-corrected chi connectivity index (χ3v) is 5.79. The number of carbonyl (C=O) groups is 1. The highest BCUT2D eigenvalue weighted by Gasteiger charge is 2.37. The van der Waals surface area contributed by atoms with Crippen molar-refractivity contribution in [3.8, 4) is 0 Å². The molecular formula is C19H27N5O2. The van der Waals surface area contributed by atoms with Crippen LogP contribution in [0.4, 0.5) is 0 Å². The average Bonchev–Trinajstić information content (AvgIpc) is 3.15. The molecule has 0 radical (unpaired) electrons. The topological polar surface area (TPSA) is 67.4 Å². The fraction of sp³-hybridized carbons (Fsp3) is 0.632. The quantitative estimate of drug-likeness (QED) is 0.819. The number of carbonyl (C=O) groups excluding carboxylic acids is 1. The lowest BCUT2D eigenvalue weighted by molar-refractivity contribution is -0.135. The van der Waals surface area contributed by atoms with E-state index in [9.17, 15) is 4.79 Å². The first kappa shape index (κ1) is 17.3. The van der Waals surface area contributed by atoms with Gasteiger partial charge in [0.1, 0.15) is 5.76 Å². The fourth-order valence-corrected chi connectivity index (χ4v) is 4.35. The Kier molecular flexibility index (Phi) is 4.80. The summed E-state index contributed by atoms with van der Waals surface area (Å²) < 4.78 is 7.15. The van der Waals surface area contributed by atoms with Crippen molar-refractivity contribution in [1.82, 2.24) is 24.7 Å². The van der Waals surface area contributed by atoms with E-state index in [1.54, 1.807) is 6.20 Å². The van der Waals surface area contributed by atoms with E-state index in [2.05, 4.69) is 20.1 Å². The molecule has 26 heavy (non-hydrogen) atoms. The Hall–Kier alpha value is -2.15. The Bertz CT molecular complexity index is 735. The van der Waals surface area contributed by atoms with Crippen LogP contribution in [0.2, 0.25) is 0 Å². The van der Waals surface area contributed by atoms with Crippen molar-refractivity contribution in [3.05, 3.63) is 35.5 Å². The van der Waals surface area contributed by atoms with Gasteiger partial charge in [0.2, 0.25) is 5.91 Å². The van der Waals surface area contributed by atoms with Crippen LogP contribution < -0.4 is 0 Å². The summed E-state index contributed by atoms with van der Waals surface area (Å²) in [5, 5.41) is 8.27. The molecular weight excluding hydrogens is 330 g/mol. The second kappa shape index (κ2) is 7.23. The van der Waals surface area contributed by atoms with Crippen molar-refractivity contribution in [2.24, 2.45) is 5.92 Å². The maximum atomic E-state index is 12.8. The molecule has 0 aromatic carbocycles. The van der Waals surface area contributed by atoms with Crippen molar-refractivity contribution in [3.63, 3.8) is 0 Å². The number of rotatable bonds is 5. The van der Waals surface area contributed by atoms with Gasteiger partial charge in [0, 0.05) is 63.1 Å². The molecule has 5 rings (SSSR count). The van der Waals surface area contributed by atoms with E-state index in [0.29, 0.717) is 24.9 Å². The van der Waals surface area contributed by atoms with Gasteiger partial charge in [-0.1, -0.05) is 5.16 Å². The molecule has 5 heterocycles. The number of nitrogens with zero attached hydrogens (tertiary/aromatic N) is 5. The van der Waals surface area contributed by atoms with Gasteiger partial charge >= 0.3 is 0 Å². The molecule has 3 fully saturated rings. The van der Waals surface area contributed by atoms with E-state index in [-0.39, 0.29) is 5.91 Å². The van der Waals surface area contributed by atoms with Crippen molar-refractivity contribution >= 4 is 5.91 Å². The first-order chi connectivity index (χ1) is 12.6. The first-order valence-electron chi connectivity index (χ1n) is 9.51. The van der Waals surface area contributed by atoms with Crippen molar-refractivity contribution < 1.29 is 9.32 Å². The number of piperidine rings is 1. The number of aryl methyl sites for hydroxylation is 3. The van der Waals surface area contributed by atoms with Gasteiger partial charge in [0.25, 0.3) is 0 Å². The van der Waals surface area contributed by atoms with Crippen LogP contribution in [-0.2, 0) is 17.9 Å². The molecule has 7 heteroatoms. The van der Waals surface area contributed by atoms with Crippen molar-refractivity contribution in [1.29, 1.82) is 0 Å². The number of hydrogen-bond acceptors (Lipinski definition) is 5. The number of hydrogen-bond donors (Lipinski definition) is 0. The van der Waals surface area contributed by atoms with Gasteiger partial charge in [-0.05, 0) is 38.7 Å². The standard InChI is InChI=1S/C19H27N5O2/c1-14-18(15(2)26-21-14)13-22-10-16-4-5-17(12-22)24(11-16)19(25)6-9-23-8-3-7-20-23/h3,7-8,16-17H,4-6,9-13H2,1-2H3/t16-,17+/m1/s1. The first-order valence-corrected chi connectivity index (χ1v) is 9.51. The number of fused-ring (bicyclic) bond motifs is 4. The average molecular weight is 357 g/mol. The van der Waals surface area contributed by atoms with Crippen LogP contribution in [-0.4, -0.2) is 56.3 Å². The zero-order chi connectivity index (χ0) is 18.1. The summed E-state index contributed by atoms with van der Waals surface area (Å²) in [4.78, 5) is 17.4. The Morgan fingerprint density at radius 2 is 2.15 bits per heavy atom. The molecule has 0 saturated carbocycles. The third kappa shape index (κ3) is 3.53. The SMILES string of the molecule is Cc1noc(C)c1CN1C[C@H]2CC[C@@H](C1)N(C(=O)CCn1cccn1)C2. The largest absolute Gasteiger partial charge is 0.361 e. The van der Waals surface area contributed by atoms with E-state index in [4.69, 9.17) is 4.52 Å². The number of amides is 1. The predicted octanol–water partition coefficient (Wildman–Crippen LogP) is 2.00. The van der Waals surface area contributed by atoms with Crippen LogP contribution in [0.15, 0.2) is 23.0 Å². The summed E-state index contributed by atoms with van der Waals surface area (Å²) in [5.41, 5.74) is 2.18. The summed E-state index contributed by atoms with van der Waals surface area (Å²) in [6, 6.07) is 2.21. The van der Waals surface area contributed by atoms with Gasteiger partial charge in [-0.3, -0.25) is 14.4 Å². The smallest absolute Gasteiger partial charge is 0.224 e. The summed E-state index contributed by atoms with van der Waals surface area (Å²) in [7, 11) is 0. The minimum absolute atomic E-state index is 0.259. The Balaban J connectivity index is 1.40. The monoisotopic (exact) mass is 357 g/mol. The zero-order valence-corrected chi connectivity index (χ0v) is 15.6. The Morgan fingerprint density at radius 3 is 2.88 bits per heavy atom. The van der Waals surface area contributed by atoms with Gasteiger partial charge in [-0.25, -0.2) is 0 Å². The molecule has 2 aromatic heterocycles. The second-order valence-electron chi connectivity index (χ2n) is 7.66. The van der Waals surface area contributed by atoms with E-state index in [1.807, 2.05) is 30.8 Å². The van der Waals surface area contributed by atoms with E-state index >= 15 is 0 Å². The highest BCUT2D eigenvalue weighted by molar-refractivity contribution is 5.76. The third-order valence-electron chi connectivity index (χ3n) is 5.79. The van der Waals surface area contributed by atoms with Gasteiger partial charge in [-0.2, -0.15) is 5.10 Å². The molecule has 2 atom stereocenters.